The summed E-state index contributed by atoms with van der Waals surface area (Å²) < 4.78 is 0. The van der Waals surface area contributed by atoms with E-state index in [9.17, 15) is 0 Å². The first-order valence-electron chi connectivity index (χ1n) is 10.2. The van der Waals surface area contributed by atoms with Gasteiger partial charge in [-0.05, 0) is 96.5 Å². The van der Waals surface area contributed by atoms with Gasteiger partial charge in [0, 0.05) is 5.54 Å². The lowest BCUT2D eigenvalue weighted by atomic mass is 9.73. The molecule has 0 saturated heterocycles. The molecule has 1 aromatic carbocycles. The fourth-order valence-corrected chi connectivity index (χ4v) is 3.38. The molecule has 0 radical (unpaired) electrons. The van der Waals surface area contributed by atoms with Crippen LogP contribution < -0.4 is 0 Å². The molecule has 1 fully saturated rings. The molecule has 25 heavy (non-hydrogen) atoms. The highest BCUT2D eigenvalue weighted by atomic mass is 15.1. The first kappa shape index (κ1) is 23.9. The molecule has 1 heteroatoms. The van der Waals surface area contributed by atoms with Gasteiger partial charge in [-0.1, -0.05) is 51.1 Å². The summed E-state index contributed by atoms with van der Waals surface area (Å²) in [5, 5.41) is 0. The molecule has 0 aromatic heterocycles. The molecule has 0 N–H and O–H groups in total. The van der Waals surface area contributed by atoms with Gasteiger partial charge < -0.3 is 4.90 Å². The van der Waals surface area contributed by atoms with E-state index >= 15 is 0 Å². The highest BCUT2D eigenvalue weighted by molar-refractivity contribution is 5.31. The van der Waals surface area contributed by atoms with Gasteiger partial charge in [0.2, 0.25) is 0 Å². The van der Waals surface area contributed by atoms with Crippen LogP contribution in [0, 0.1) is 19.8 Å². The molecule has 0 bridgehead atoms. The van der Waals surface area contributed by atoms with Gasteiger partial charge in [0.1, 0.15) is 0 Å². The minimum absolute atomic E-state index is 0.383. The van der Waals surface area contributed by atoms with E-state index in [1.165, 1.54) is 48.8 Å². The normalized spacial score (nSPS) is 22.9. The van der Waals surface area contributed by atoms with Crippen LogP contribution >= 0.6 is 0 Å². The summed E-state index contributed by atoms with van der Waals surface area (Å²) in [6.45, 7) is 14.8. The summed E-state index contributed by atoms with van der Waals surface area (Å²) >= 11 is 0. The smallest absolute Gasteiger partial charge is 0.0244 e. The number of benzene rings is 1. The van der Waals surface area contributed by atoms with E-state index in [0.29, 0.717) is 5.54 Å². The van der Waals surface area contributed by atoms with Crippen molar-refractivity contribution in [2.75, 3.05) is 14.1 Å². The van der Waals surface area contributed by atoms with Crippen molar-refractivity contribution in [2.24, 2.45) is 5.92 Å². The molecule has 0 unspecified atom stereocenters. The molecule has 0 amide bonds. The van der Waals surface area contributed by atoms with Gasteiger partial charge in [0.05, 0.1) is 0 Å². The summed E-state index contributed by atoms with van der Waals surface area (Å²) in [6.07, 6.45) is 10.6. The fraction of sp³-hybridized carbons (Fsp3) is 0.667. The Morgan fingerprint density at radius 1 is 1.00 bits per heavy atom. The number of hydrogen-bond acceptors (Lipinski definition) is 1. The average molecular weight is 346 g/mol. The van der Waals surface area contributed by atoms with Crippen LogP contribution in [0.5, 0.6) is 0 Å². The largest absolute Gasteiger partial charge is 0.303 e. The maximum absolute atomic E-state index is 2.48. The van der Waals surface area contributed by atoms with E-state index in [4.69, 9.17) is 0 Å². The number of rotatable bonds is 3. The Morgan fingerprint density at radius 3 is 1.92 bits per heavy atom. The maximum Gasteiger partial charge on any atom is 0.0244 e. The van der Waals surface area contributed by atoms with E-state index in [0.717, 1.165) is 5.92 Å². The number of allylic oxidation sites excluding steroid dienone is 2. The zero-order chi connectivity index (χ0) is 19.5. The molecule has 1 nitrogen and oxygen atoms in total. The van der Waals surface area contributed by atoms with Crippen LogP contribution in [-0.2, 0) is 6.42 Å². The molecule has 144 valence electrons. The van der Waals surface area contributed by atoms with E-state index in [-0.39, 0.29) is 0 Å². The third-order valence-electron chi connectivity index (χ3n) is 5.59. The highest BCUT2D eigenvalue weighted by Crippen LogP contribution is 2.37. The lowest BCUT2D eigenvalue weighted by molar-refractivity contribution is 0.0830. The number of aryl methyl sites for hydroxylation is 2. The van der Waals surface area contributed by atoms with Crippen LogP contribution in [0.2, 0.25) is 0 Å². The molecular weight excluding hydrogens is 302 g/mol. The Bertz CT molecular complexity index is 487. The van der Waals surface area contributed by atoms with Crippen LogP contribution in [-0.4, -0.2) is 24.5 Å². The topological polar surface area (TPSA) is 3.24 Å². The summed E-state index contributed by atoms with van der Waals surface area (Å²) in [4.78, 5) is 2.48. The van der Waals surface area contributed by atoms with Crippen LogP contribution in [0.1, 0.15) is 77.0 Å². The Balaban J connectivity index is 0.000000845. The summed E-state index contributed by atoms with van der Waals surface area (Å²) in [7, 11) is 4.52. The van der Waals surface area contributed by atoms with Gasteiger partial charge in [0.15, 0.2) is 0 Å². The lowest BCUT2D eigenvalue weighted by Crippen LogP contribution is -2.48. The SMILES string of the molecule is C/C=C\C.CC.Cc1ccc(CC2(N(C)C)CCC(C)CC2)cc1C. The Kier molecular flexibility index (Phi) is 11.8. The van der Waals surface area contributed by atoms with Crippen LogP contribution in [0.3, 0.4) is 0 Å². The Morgan fingerprint density at radius 2 is 1.52 bits per heavy atom. The molecule has 0 heterocycles. The average Bonchev–Trinajstić information content (AvgIpc) is 2.62. The second-order valence-electron chi connectivity index (χ2n) is 7.56. The van der Waals surface area contributed by atoms with Crippen LogP contribution in [0.4, 0.5) is 0 Å². The molecule has 0 atom stereocenters. The molecule has 1 aliphatic carbocycles. The monoisotopic (exact) mass is 345 g/mol. The molecule has 2 rings (SSSR count). The quantitative estimate of drug-likeness (QED) is 0.535. The number of hydrogen-bond donors (Lipinski definition) is 0. The van der Waals surface area contributed by atoms with Crippen molar-refractivity contribution >= 4 is 0 Å². The van der Waals surface area contributed by atoms with E-state index in [1.54, 1.807) is 0 Å². The standard InChI is InChI=1S/C18H29N.C4H8.C2H6/c1-14-8-10-18(11-9-14,19(4)5)13-17-7-6-15(2)16(3)12-17;1-3-4-2;1-2/h6-7,12,14H,8-11,13H2,1-5H3;3-4H,1-2H3;1-2H3/b;4-3-;. The van der Waals surface area contributed by atoms with E-state index in [2.05, 4.69) is 58.0 Å². The lowest BCUT2D eigenvalue weighted by Gasteiger charge is -2.45. The zero-order valence-corrected chi connectivity index (χ0v) is 18.4. The van der Waals surface area contributed by atoms with Gasteiger partial charge in [-0.2, -0.15) is 0 Å². The third-order valence-corrected chi connectivity index (χ3v) is 5.59. The number of likely N-dealkylation sites (N-methyl/N-ethyl adjacent to an activating group) is 1. The van der Waals surface area contributed by atoms with Gasteiger partial charge in [-0.15, -0.1) is 0 Å². The molecule has 1 aliphatic rings. The van der Waals surface area contributed by atoms with Crippen LogP contribution in [0.15, 0.2) is 30.4 Å². The van der Waals surface area contributed by atoms with Crippen molar-refractivity contribution in [3.63, 3.8) is 0 Å². The Labute approximate surface area is 158 Å². The predicted octanol–water partition coefficient (Wildman–Crippen LogP) is 6.97. The Hall–Kier alpha value is -1.08. The maximum atomic E-state index is 2.48. The molecule has 1 saturated carbocycles. The summed E-state index contributed by atoms with van der Waals surface area (Å²) in [6, 6.07) is 6.99. The van der Waals surface area contributed by atoms with E-state index < -0.39 is 0 Å². The highest BCUT2D eigenvalue weighted by Gasteiger charge is 2.36. The fourth-order valence-electron chi connectivity index (χ4n) is 3.38. The van der Waals surface area contributed by atoms with Crippen molar-refractivity contribution in [3.8, 4) is 0 Å². The zero-order valence-electron chi connectivity index (χ0n) is 18.4. The van der Waals surface area contributed by atoms with Crippen LogP contribution in [0.25, 0.3) is 0 Å². The number of nitrogens with zero attached hydrogens (tertiary/aromatic N) is 1. The van der Waals surface area contributed by atoms with Gasteiger partial charge in [-0.3, -0.25) is 0 Å². The van der Waals surface area contributed by atoms with E-state index in [1.807, 2.05) is 39.8 Å². The molecular formula is C24H43N. The first-order valence-corrected chi connectivity index (χ1v) is 10.2. The van der Waals surface area contributed by atoms with Gasteiger partial charge in [-0.25, -0.2) is 0 Å². The van der Waals surface area contributed by atoms with Crippen molar-refractivity contribution in [2.45, 2.75) is 86.1 Å². The van der Waals surface area contributed by atoms with Crippen molar-refractivity contribution < 1.29 is 0 Å². The predicted molar refractivity (Wildman–Crippen MR) is 116 cm³/mol. The first-order chi connectivity index (χ1) is 11.8. The molecule has 1 aromatic rings. The van der Waals surface area contributed by atoms with Gasteiger partial charge >= 0.3 is 0 Å². The summed E-state index contributed by atoms with van der Waals surface area (Å²) in [5.41, 5.74) is 4.72. The second-order valence-corrected chi connectivity index (χ2v) is 7.56. The second kappa shape index (κ2) is 12.3. The third kappa shape index (κ3) is 7.77. The molecule has 0 spiro atoms. The van der Waals surface area contributed by atoms with Crippen molar-refractivity contribution in [3.05, 3.63) is 47.0 Å². The van der Waals surface area contributed by atoms with Gasteiger partial charge in [0.25, 0.3) is 0 Å². The summed E-state index contributed by atoms with van der Waals surface area (Å²) in [5.74, 6) is 0.910. The van der Waals surface area contributed by atoms with Crippen molar-refractivity contribution in [1.29, 1.82) is 0 Å². The molecule has 0 aliphatic heterocycles. The van der Waals surface area contributed by atoms with Crippen molar-refractivity contribution in [1.82, 2.24) is 4.90 Å². The minimum Gasteiger partial charge on any atom is -0.303 e. The minimum atomic E-state index is 0.383.